The van der Waals surface area contributed by atoms with Crippen LogP contribution in [0.2, 0.25) is 0 Å². The zero-order chi connectivity index (χ0) is 14.0. The lowest BCUT2D eigenvalue weighted by molar-refractivity contribution is 0.0685. The second kappa shape index (κ2) is 5.09. The Hall–Kier alpha value is -2.37. The van der Waals surface area contributed by atoms with Crippen molar-refractivity contribution in [1.29, 1.82) is 0 Å². The van der Waals surface area contributed by atoms with Crippen molar-refractivity contribution in [3.05, 3.63) is 47.3 Å². The van der Waals surface area contributed by atoms with E-state index in [-0.39, 0.29) is 18.0 Å². The summed E-state index contributed by atoms with van der Waals surface area (Å²) in [5.41, 5.74) is 0.718. The molecule has 0 spiro atoms. The molecule has 6 heteroatoms. The molecular formula is C13H13FN2O3. The summed E-state index contributed by atoms with van der Waals surface area (Å²) in [6.45, 7) is 1.95. The molecule has 0 saturated carbocycles. The van der Waals surface area contributed by atoms with Crippen LogP contribution in [0.5, 0.6) is 5.75 Å². The fraction of sp³-hybridized carbons (Fsp3) is 0.231. The Kier molecular flexibility index (Phi) is 3.50. The lowest BCUT2D eigenvalue weighted by atomic mass is 10.2. The first-order valence-corrected chi connectivity index (χ1v) is 5.60. The molecule has 0 aliphatic heterocycles. The van der Waals surface area contributed by atoms with E-state index in [4.69, 9.17) is 9.84 Å². The number of hydrogen-bond donors (Lipinski definition) is 1. The van der Waals surface area contributed by atoms with Gasteiger partial charge in [-0.2, -0.15) is 0 Å². The van der Waals surface area contributed by atoms with Crippen molar-refractivity contribution in [2.75, 3.05) is 7.11 Å². The number of nitrogens with zero attached hydrogens (tertiary/aromatic N) is 2. The second-order valence-electron chi connectivity index (χ2n) is 4.05. The molecule has 0 atom stereocenters. The van der Waals surface area contributed by atoms with Gasteiger partial charge in [-0.25, -0.2) is 14.2 Å². The van der Waals surface area contributed by atoms with Crippen molar-refractivity contribution >= 4 is 5.97 Å². The summed E-state index contributed by atoms with van der Waals surface area (Å²) in [5.74, 6) is -0.817. The highest BCUT2D eigenvalue weighted by atomic mass is 19.1. The van der Waals surface area contributed by atoms with Gasteiger partial charge in [0, 0.05) is 6.54 Å². The molecule has 2 aromatic rings. The van der Waals surface area contributed by atoms with E-state index in [2.05, 4.69) is 4.98 Å². The van der Waals surface area contributed by atoms with E-state index in [1.54, 1.807) is 13.0 Å². The Morgan fingerprint density at radius 3 is 2.84 bits per heavy atom. The molecule has 1 aromatic heterocycles. The number of methoxy groups -OCH3 is 1. The summed E-state index contributed by atoms with van der Waals surface area (Å²) in [7, 11) is 1.39. The van der Waals surface area contributed by atoms with Crippen LogP contribution < -0.4 is 4.74 Å². The number of benzene rings is 1. The smallest absolute Gasteiger partial charge is 0.354 e. The van der Waals surface area contributed by atoms with Crippen molar-refractivity contribution < 1.29 is 19.0 Å². The molecule has 1 aromatic carbocycles. The zero-order valence-corrected chi connectivity index (χ0v) is 10.6. The van der Waals surface area contributed by atoms with Gasteiger partial charge in [-0.3, -0.25) is 0 Å². The van der Waals surface area contributed by atoms with Gasteiger partial charge < -0.3 is 14.4 Å². The quantitative estimate of drug-likeness (QED) is 0.918. The van der Waals surface area contributed by atoms with Crippen LogP contribution in [0.25, 0.3) is 0 Å². The van der Waals surface area contributed by atoms with Crippen molar-refractivity contribution in [2.24, 2.45) is 0 Å². The first-order chi connectivity index (χ1) is 9.02. The van der Waals surface area contributed by atoms with Gasteiger partial charge in [-0.05, 0) is 24.6 Å². The van der Waals surface area contributed by atoms with E-state index in [9.17, 15) is 9.18 Å². The van der Waals surface area contributed by atoms with Crippen LogP contribution in [-0.2, 0) is 6.54 Å². The molecule has 0 aliphatic carbocycles. The van der Waals surface area contributed by atoms with Gasteiger partial charge in [0.25, 0.3) is 0 Å². The van der Waals surface area contributed by atoms with Gasteiger partial charge in [0.15, 0.2) is 11.6 Å². The van der Waals surface area contributed by atoms with E-state index < -0.39 is 11.8 Å². The first-order valence-electron chi connectivity index (χ1n) is 5.60. The number of aromatic carboxylic acids is 1. The van der Waals surface area contributed by atoms with Gasteiger partial charge in [0.1, 0.15) is 11.5 Å². The minimum absolute atomic E-state index is 0.0775. The molecule has 2 rings (SSSR count). The zero-order valence-electron chi connectivity index (χ0n) is 10.6. The van der Waals surface area contributed by atoms with Gasteiger partial charge >= 0.3 is 5.97 Å². The number of ether oxygens (including phenoxy) is 1. The maximum absolute atomic E-state index is 13.6. The van der Waals surface area contributed by atoms with Crippen LogP contribution >= 0.6 is 0 Å². The van der Waals surface area contributed by atoms with E-state index in [1.807, 2.05) is 0 Å². The highest BCUT2D eigenvalue weighted by molar-refractivity contribution is 5.85. The van der Waals surface area contributed by atoms with Crippen LogP contribution in [0.4, 0.5) is 4.39 Å². The summed E-state index contributed by atoms with van der Waals surface area (Å²) in [5, 5.41) is 9.04. The van der Waals surface area contributed by atoms with E-state index in [0.29, 0.717) is 11.4 Å². The number of carboxylic acids is 1. The summed E-state index contributed by atoms with van der Waals surface area (Å²) < 4.78 is 19.9. The summed E-state index contributed by atoms with van der Waals surface area (Å²) in [6.07, 6.45) is 1.29. The Labute approximate surface area is 109 Å². The SMILES string of the molecule is COc1ccc(Cn2c(C(=O)O)cnc2C)cc1F. The topological polar surface area (TPSA) is 64.3 Å². The number of carbonyl (C=O) groups is 1. The molecule has 0 aliphatic rings. The monoisotopic (exact) mass is 264 g/mol. The molecule has 100 valence electrons. The van der Waals surface area contributed by atoms with E-state index in [0.717, 1.165) is 0 Å². The number of aromatic nitrogens is 2. The number of imidazole rings is 1. The van der Waals surface area contributed by atoms with Crippen LogP contribution in [-0.4, -0.2) is 27.7 Å². The molecule has 0 amide bonds. The average Bonchev–Trinajstić information content (AvgIpc) is 2.71. The van der Waals surface area contributed by atoms with Crippen molar-refractivity contribution in [3.8, 4) is 5.75 Å². The fourth-order valence-electron chi connectivity index (χ4n) is 1.83. The minimum Gasteiger partial charge on any atom is -0.494 e. The van der Waals surface area contributed by atoms with Crippen molar-refractivity contribution in [1.82, 2.24) is 9.55 Å². The molecule has 1 N–H and O–H groups in total. The van der Waals surface area contributed by atoms with Crippen molar-refractivity contribution in [2.45, 2.75) is 13.5 Å². The first kappa shape index (κ1) is 13.1. The van der Waals surface area contributed by atoms with Crippen molar-refractivity contribution in [3.63, 3.8) is 0 Å². The summed E-state index contributed by atoms with van der Waals surface area (Å²) >= 11 is 0. The molecule has 0 saturated heterocycles. The third kappa shape index (κ3) is 2.57. The molecule has 0 radical (unpaired) electrons. The number of halogens is 1. The Morgan fingerprint density at radius 1 is 1.53 bits per heavy atom. The molecule has 19 heavy (non-hydrogen) atoms. The Balaban J connectivity index is 2.33. The molecule has 0 fully saturated rings. The van der Waals surface area contributed by atoms with Gasteiger partial charge in [0.2, 0.25) is 0 Å². The summed E-state index contributed by atoms with van der Waals surface area (Å²) in [6, 6.07) is 4.52. The predicted molar refractivity (Wildman–Crippen MR) is 66.0 cm³/mol. The number of aryl methyl sites for hydroxylation is 1. The number of carboxylic acid groups (broad SMARTS) is 1. The van der Waals surface area contributed by atoms with Gasteiger partial charge in [0.05, 0.1) is 13.3 Å². The second-order valence-corrected chi connectivity index (χ2v) is 4.05. The minimum atomic E-state index is -1.06. The molecule has 5 nitrogen and oxygen atoms in total. The van der Waals surface area contributed by atoms with Crippen LogP contribution in [0, 0.1) is 12.7 Å². The van der Waals surface area contributed by atoms with Gasteiger partial charge in [-0.15, -0.1) is 0 Å². The Morgan fingerprint density at radius 2 is 2.26 bits per heavy atom. The fourth-order valence-corrected chi connectivity index (χ4v) is 1.83. The third-order valence-electron chi connectivity index (χ3n) is 2.83. The number of hydrogen-bond acceptors (Lipinski definition) is 3. The van der Waals surface area contributed by atoms with Crippen LogP contribution in [0.3, 0.4) is 0 Å². The maximum Gasteiger partial charge on any atom is 0.354 e. The average molecular weight is 264 g/mol. The molecule has 0 bridgehead atoms. The van der Waals surface area contributed by atoms with Gasteiger partial charge in [-0.1, -0.05) is 6.07 Å². The summed E-state index contributed by atoms with van der Waals surface area (Å²) in [4.78, 5) is 15.0. The molecule has 0 unspecified atom stereocenters. The lowest BCUT2D eigenvalue weighted by Crippen LogP contribution is -2.11. The predicted octanol–water partition coefficient (Wildman–Crippen LogP) is 2.09. The van der Waals surface area contributed by atoms with E-state index >= 15 is 0 Å². The Bertz CT molecular complexity index is 622. The number of rotatable bonds is 4. The van der Waals surface area contributed by atoms with Crippen LogP contribution in [0.1, 0.15) is 21.9 Å². The standard InChI is InChI=1S/C13H13FN2O3/c1-8-15-6-11(13(17)18)16(8)7-9-3-4-12(19-2)10(14)5-9/h3-6H,7H2,1-2H3,(H,17,18). The normalized spacial score (nSPS) is 10.5. The maximum atomic E-state index is 13.6. The highest BCUT2D eigenvalue weighted by Gasteiger charge is 2.14. The highest BCUT2D eigenvalue weighted by Crippen LogP contribution is 2.19. The third-order valence-corrected chi connectivity index (χ3v) is 2.83. The largest absolute Gasteiger partial charge is 0.494 e. The van der Waals surface area contributed by atoms with Crippen LogP contribution in [0.15, 0.2) is 24.4 Å². The molecule has 1 heterocycles. The lowest BCUT2D eigenvalue weighted by Gasteiger charge is -2.09. The molecular weight excluding hydrogens is 251 g/mol. The van der Waals surface area contributed by atoms with E-state index in [1.165, 1.54) is 30.0 Å².